The number of amides is 1. The summed E-state index contributed by atoms with van der Waals surface area (Å²) < 4.78 is 26.6. The molecule has 31 heavy (non-hydrogen) atoms. The Morgan fingerprint density at radius 3 is 2.10 bits per heavy atom. The normalized spacial score (nSPS) is 10.5. The van der Waals surface area contributed by atoms with E-state index in [0.717, 1.165) is 0 Å². The maximum Gasteiger partial charge on any atom is 0.306 e. The molecule has 2 N–H and O–H groups in total. The summed E-state index contributed by atoms with van der Waals surface area (Å²) in [4.78, 5) is 23.1. The number of rotatable bonds is 11. The van der Waals surface area contributed by atoms with Crippen LogP contribution < -0.4 is 29.0 Å². The van der Waals surface area contributed by atoms with Gasteiger partial charge in [-0.3, -0.25) is 9.59 Å². The fraction of sp³-hybridized carbons (Fsp3) is 0.273. The van der Waals surface area contributed by atoms with Gasteiger partial charge in [-0.2, -0.15) is 0 Å². The number of anilines is 1. The van der Waals surface area contributed by atoms with E-state index in [4.69, 9.17) is 28.8 Å². The molecule has 0 saturated heterocycles. The Bertz CT molecular complexity index is 930. The molecule has 9 heteroatoms. The quantitative estimate of drug-likeness (QED) is 0.522. The molecule has 2 rings (SSSR count). The van der Waals surface area contributed by atoms with Gasteiger partial charge in [-0.05, 0) is 18.2 Å². The lowest BCUT2D eigenvalue weighted by Crippen LogP contribution is -2.09. The number of ether oxygens (including phenoxy) is 5. The molecule has 0 unspecified atom stereocenters. The fourth-order valence-corrected chi connectivity index (χ4v) is 2.66. The second-order valence-corrected chi connectivity index (χ2v) is 6.13. The number of methoxy groups -OCH3 is 4. The number of nitrogens with one attached hydrogen (secondary N) is 1. The molecule has 1 amide bonds. The Kier molecular flexibility index (Phi) is 8.56. The van der Waals surface area contributed by atoms with Crippen LogP contribution in [-0.4, -0.2) is 52.0 Å². The number of benzene rings is 2. The molecule has 2 aromatic rings. The molecule has 0 fully saturated rings. The average Bonchev–Trinajstić information content (AvgIpc) is 2.77. The maximum atomic E-state index is 12.4. The number of carbonyl (C=O) groups excluding carboxylic acids is 1. The van der Waals surface area contributed by atoms with Crippen LogP contribution in [0.25, 0.3) is 6.08 Å². The van der Waals surface area contributed by atoms with Crippen molar-refractivity contribution in [2.45, 2.75) is 6.42 Å². The molecule has 0 aliphatic rings. The first kappa shape index (κ1) is 23.4. The van der Waals surface area contributed by atoms with Gasteiger partial charge >= 0.3 is 5.97 Å². The van der Waals surface area contributed by atoms with Crippen LogP contribution >= 0.6 is 0 Å². The number of hydrogen-bond acceptors (Lipinski definition) is 7. The van der Waals surface area contributed by atoms with Crippen LogP contribution in [0.2, 0.25) is 0 Å². The van der Waals surface area contributed by atoms with Gasteiger partial charge in [0.1, 0.15) is 17.2 Å². The minimum Gasteiger partial charge on any atom is -0.496 e. The van der Waals surface area contributed by atoms with E-state index in [1.165, 1.54) is 34.5 Å². The Labute approximate surface area is 180 Å². The van der Waals surface area contributed by atoms with E-state index in [9.17, 15) is 9.59 Å². The molecule has 0 spiro atoms. The van der Waals surface area contributed by atoms with Gasteiger partial charge in [-0.1, -0.05) is 0 Å². The monoisotopic (exact) mass is 431 g/mol. The molecule has 0 radical (unpaired) electrons. The van der Waals surface area contributed by atoms with E-state index >= 15 is 0 Å². The summed E-state index contributed by atoms with van der Waals surface area (Å²) in [5.74, 6) is 0.900. The number of hydrogen-bond donors (Lipinski definition) is 2. The van der Waals surface area contributed by atoms with Crippen molar-refractivity contribution < 1.29 is 38.4 Å². The molecule has 0 heterocycles. The lowest BCUT2D eigenvalue weighted by Gasteiger charge is -2.13. The molecule has 0 aromatic heterocycles. The topological polar surface area (TPSA) is 113 Å². The second-order valence-electron chi connectivity index (χ2n) is 6.13. The summed E-state index contributed by atoms with van der Waals surface area (Å²) in [6.45, 7) is -0.0277. The van der Waals surface area contributed by atoms with Crippen molar-refractivity contribution in [1.29, 1.82) is 0 Å². The van der Waals surface area contributed by atoms with Crippen molar-refractivity contribution in [3.63, 3.8) is 0 Å². The summed E-state index contributed by atoms with van der Waals surface area (Å²) in [6, 6.07) is 8.18. The minimum absolute atomic E-state index is 0.0277. The predicted molar refractivity (Wildman–Crippen MR) is 115 cm³/mol. The van der Waals surface area contributed by atoms with Gasteiger partial charge in [-0.15, -0.1) is 0 Å². The van der Waals surface area contributed by atoms with Crippen LogP contribution in [0.15, 0.2) is 36.4 Å². The van der Waals surface area contributed by atoms with Crippen molar-refractivity contribution >= 4 is 23.6 Å². The Balaban J connectivity index is 2.17. The Hall–Kier alpha value is -3.88. The number of carbonyl (C=O) groups is 2. The lowest BCUT2D eigenvalue weighted by atomic mass is 10.1. The Morgan fingerprint density at radius 1 is 0.903 bits per heavy atom. The van der Waals surface area contributed by atoms with E-state index in [0.29, 0.717) is 40.0 Å². The standard InChI is InChI=1S/C22H25NO8/c1-27-15-12-18(29-3)16(19(13-15)30-4)6-8-21(24)23-14-5-7-17(28-2)20(11-14)31-10-9-22(25)26/h5-8,11-13H,9-10H2,1-4H3,(H,23,24)(H,25,26). The first-order valence-corrected chi connectivity index (χ1v) is 9.23. The van der Waals surface area contributed by atoms with Crippen molar-refractivity contribution in [2.24, 2.45) is 0 Å². The van der Waals surface area contributed by atoms with Gasteiger partial charge in [0.05, 0.1) is 47.0 Å². The summed E-state index contributed by atoms with van der Waals surface area (Å²) in [7, 11) is 6.02. The smallest absolute Gasteiger partial charge is 0.306 e. The van der Waals surface area contributed by atoms with E-state index in [1.807, 2.05) is 0 Å². The molecule has 2 aromatic carbocycles. The van der Waals surface area contributed by atoms with Crippen LogP contribution in [0.5, 0.6) is 28.7 Å². The molecule has 9 nitrogen and oxygen atoms in total. The van der Waals surface area contributed by atoms with Gasteiger partial charge in [0.25, 0.3) is 0 Å². The van der Waals surface area contributed by atoms with Crippen LogP contribution in [0.3, 0.4) is 0 Å². The number of carboxylic acids is 1. The van der Waals surface area contributed by atoms with Gasteiger partial charge in [0.2, 0.25) is 5.91 Å². The van der Waals surface area contributed by atoms with E-state index in [2.05, 4.69) is 5.32 Å². The number of carboxylic acid groups (broad SMARTS) is 1. The van der Waals surface area contributed by atoms with Gasteiger partial charge in [0, 0.05) is 30.0 Å². The molecular weight excluding hydrogens is 406 g/mol. The zero-order chi connectivity index (χ0) is 22.8. The van der Waals surface area contributed by atoms with Crippen molar-refractivity contribution in [3.8, 4) is 28.7 Å². The van der Waals surface area contributed by atoms with Gasteiger partial charge in [-0.25, -0.2) is 0 Å². The van der Waals surface area contributed by atoms with E-state index < -0.39 is 11.9 Å². The molecule has 0 saturated carbocycles. The zero-order valence-electron chi connectivity index (χ0n) is 17.8. The summed E-state index contributed by atoms with van der Waals surface area (Å²) in [5.41, 5.74) is 1.03. The van der Waals surface area contributed by atoms with Gasteiger partial charge < -0.3 is 34.1 Å². The lowest BCUT2D eigenvalue weighted by molar-refractivity contribution is -0.137. The first-order chi connectivity index (χ1) is 14.9. The maximum absolute atomic E-state index is 12.4. The summed E-state index contributed by atoms with van der Waals surface area (Å²) in [6.07, 6.45) is 2.75. The van der Waals surface area contributed by atoms with Crippen molar-refractivity contribution in [1.82, 2.24) is 0 Å². The highest BCUT2D eigenvalue weighted by atomic mass is 16.5. The van der Waals surface area contributed by atoms with Crippen LogP contribution in [0, 0.1) is 0 Å². The molecule has 0 atom stereocenters. The number of aliphatic carboxylic acids is 1. The van der Waals surface area contributed by atoms with Crippen molar-refractivity contribution in [2.75, 3.05) is 40.4 Å². The molecule has 0 aliphatic carbocycles. The highest BCUT2D eigenvalue weighted by Gasteiger charge is 2.12. The van der Waals surface area contributed by atoms with E-state index in [1.54, 1.807) is 36.4 Å². The minimum atomic E-state index is -0.974. The summed E-state index contributed by atoms with van der Waals surface area (Å²) >= 11 is 0. The molecular formula is C22H25NO8. The molecule has 0 aliphatic heterocycles. The third-order valence-electron chi connectivity index (χ3n) is 4.16. The van der Waals surface area contributed by atoms with Crippen LogP contribution in [0.4, 0.5) is 5.69 Å². The highest BCUT2D eigenvalue weighted by Crippen LogP contribution is 2.35. The SMILES string of the molecule is COc1cc(OC)c(C=CC(=O)Nc2ccc(OC)c(OCCC(=O)O)c2)c(OC)c1. The second kappa shape index (κ2) is 11.3. The Morgan fingerprint density at radius 2 is 1.55 bits per heavy atom. The van der Waals surface area contributed by atoms with Gasteiger partial charge in [0.15, 0.2) is 11.5 Å². The van der Waals surface area contributed by atoms with Crippen molar-refractivity contribution in [3.05, 3.63) is 42.0 Å². The molecule has 0 bridgehead atoms. The average molecular weight is 431 g/mol. The predicted octanol–water partition coefficient (Wildman–Crippen LogP) is 3.23. The van der Waals surface area contributed by atoms with E-state index in [-0.39, 0.29) is 13.0 Å². The fourth-order valence-electron chi connectivity index (χ4n) is 2.66. The molecule has 166 valence electrons. The van der Waals surface area contributed by atoms with Crippen LogP contribution in [0.1, 0.15) is 12.0 Å². The largest absolute Gasteiger partial charge is 0.496 e. The third-order valence-corrected chi connectivity index (χ3v) is 4.16. The third kappa shape index (κ3) is 6.56. The van der Waals surface area contributed by atoms with Crippen LogP contribution in [-0.2, 0) is 9.59 Å². The first-order valence-electron chi connectivity index (χ1n) is 9.23. The zero-order valence-corrected chi connectivity index (χ0v) is 17.8. The highest BCUT2D eigenvalue weighted by molar-refractivity contribution is 6.02. The summed E-state index contributed by atoms with van der Waals surface area (Å²) in [5, 5.41) is 11.5.